The van der Waals surface area contributed by atoms with Crippen LogP contribution in [0.4, 0.5) is 0 Å². The van der Waals surface area contributed by atoms with Gasteiger partial charge in [-0.1, -0.05) is 24.3 Å². The van der Waals surface area contributed by atoms with E-state index in [0.29, 0.717) is 0 Å². The number of halogens is 1. The van der Waals surface area contributed by atoms with Gasteiger partial charge in [0.15, 0.2) is 0 Å². The van der Waals surface area contributed by atoms with E-state index in [9.17, 15) is 0 Å². The van der Waals surface area contributed by atoms with Crippen LogP contribution in [-0.4, -0.2) is 16.9 Å². The first-order valence-electron chi connectivity index (χ1n) is 6.01. The third kappa shape index (κ3) is 2.36. The van der Waals surface area contributed by atoms with E-state index in [4.69, 9.17) is 4.74 Å². The smallest absolute Gasteiger partial charge is 0.133 e. The largest absolute Gasteiger partial charge is 0.496 e. The van der Waals surface area contributed by atoms with Crippen molar-refractivity contribution in [2.75, 3.05) is 7.11 Å². The molecule has 19 heavy (non-hydrogen) atoms. The maximum absolute atomic E-state index is 5.24. The maximum Gasteiger partial charge on any atom is 0.133 e. The van der Waals surface area contributed by atoms with Crippen molar-refractivity contribution in [3.05, 3.63) is 58.7 Å². The highest BCUT2D eigenvalue weighted by Gasteiger charge is 2.05. The molecule has 3 rings (SSSR count). The highest BCUT2D eigenvalue weighted by molar-refractivity contribution is 9.10. The van der Waals surface area contributed by atoms with Gasteiger partial charge in [-0.2, -0.15) is 5.10 Å². The van der Waals surface area contributed by atoms with Gasteiger partial charge in [0.25, 0.3) is 0 Å². The van der Waals surface area contributed by atoms with Crippen molar-refractivity contribution in [3.8, 4) is 5.75 Å². The van der Waals surface area contributed by atoms with Crippen LogP contribution in [0.2, 0.25) is 0 Å². The number of fused-ring (bicyclic) bond motifs is 1. The van der Waals surface area contributed by atoms with Crippen LogP contribution in [0.15, 0.2) is 53.1 Å². The predicted molar refractivity (Wildman–Crippen MR) is 79.5 cm³/mol. The van der Waals surface area contributed by atoms with Crippen LogP contribution in [-0.2, 0) is 6.54 Å². The molecule has 2 aromatic carbocycles. The van der Waals surface area contributed by atoms with E-state index >= 15 is 0 Å². The number of hydrogen-bond acceptors (Lipinski definition) is 2. The van der Waals surface area contributed by atoms with Crippen LogP contribution >= 0.6 is 15.9 Å². The number of benzene rings is 2. The fourth-order valence-corrected chi connectivity index (χ4v) is 2.72. The Morgan fingerprint density at radius 2 is 2.05 bits per heavy atom. The molecule has 3 nitrogen and oxygen atoms in total. The SMILES string of the molecule is COc1ccc(Cn2ncc3ccccc32)cc1Br. The summed E-state index contributed by atoms with van der Waals surface area (Å²) in [6.07, 6.45) is 1.90. The summed E-state index contributed by atoms with van der Waals surface area (Å²) in [5, 5.41) is 5.60. The van der Waals surface area contributed by atoms with Gasteiger partial charge >= 0.3 is 0 Å². The monoisotopic (exact) mass is 316 g/mol. The van der Waals surface area contributed by atoms with Gasteiger partial charge in [-0.05, 0) is 39.7 Å². The topological polar surface area (TPSA) is 27.1 Å². The molecule has 4 heteroatoms. The number of aromatic nitrogens is 2. The second kappa shape index (κ2) is 5.05. The third-order valence-corrected chi connectivity index (χ3v) is 3.72. The maximum atomic E-state index is 5.24. The van der Waals surface area contributed by atoms with Gasteiger partial charge in [0.05, 0.1) is 29.8 Å². The van der Waals surface area contributed by atoms with Crippen molar-refractivity contribution in [3.63, 3.8) is 0 Å². The second-order valence-corrected chi connectivity index (χ2v) is 5.18. The summed E-state index contributed by atoms with van der Waals surface area (Å²) in [5.41, 5.74) is 2.33. The lowest BCUT2D eigenvalue weighted by Crippen LogP contribution is -2.01. The van der Waals surface area contributed by atoms with Gasteiger partial charge < -0.3 is 4.74 Å². The normalized spacial score (nSPS) is 10.8. The molecular weight excluding hydrogens is 304 g/mol. The van der Waals surface area contributed by atoms with Gasteiger partial charge in [-0.15, -0.1) is 0 Å². The van der Waals surface area contributed by atoms with Crippen molar-refractivity contribution in [1.82, 2.24) is 9.78 Å². The summed E-state index contributed by atoms with van der Waals surface area (Å²) >= 11 is 3.51. The summed E-state index contributed by atoms with van der Waals surface area (Å²) in [4.78, 5) is 0. The molecule has 0 aliphatic heterocycles. The van der Waals surface area contributed by atoms with Crippen molar-refractivity contribution < 1.29 is 4.74 Å². The Kier molecular flexibility index (Phi) is 3.25. The summed E-state index contributed by atoms with van der Waals surface area (Å²) < 4.78 is 8.20. The second-order valence-electron chi connectivity index (χ2n) is 4.33. The van der Waals surface area contributed by atoms with Gasteiger partial charge in [0, 0.05) is 5.39 Å². The number of ether oxygens (including phenoxy) is 1. The molecular formula is C15H13BrN2O. The van der Waals surface area contributed by atoms with E-state index < -0.39 is 0 Å². The molecule has 0 unspecified atom stereocenters. The molecule has 0 atom stereocenters. The van der Waals surface area contributed by atoms with Gasteiger partial charge in [0.1, 0.15) is 5.75 Å². The van der Waals surface area contributed by atoms with Crippen LogP contribution in [0.1, 0.15) is 5.56 Å². The van der Waals surface area contributed by atoms with E-state index in [0.717, 1.165) is 27.7 Å². The Morgan fingerprint density at radius 1 is 1.21 bits per heavy atom. The lowest BCUT2D eigenvalue weighted by molar-refractivity contribution is 0.412. The Bertz CT molecular complexity index is 721. The first-order chi connectivity index (χ1) is 9.28. The minimum atomic E-state index is 0.746. The lowest BCUT2D eigenvalue weighted by atomic mass is 10.2. The number of para-hydroxylation sites is 1. The zero-order valence-corrected chi connectivity index (χ0v) is 12.1. The molecule has 0 fully saturated rings. The zero-order valence-electron chi connectivity index (χ0n) is 10.5. The molecule has 0 bridgehead atoms. The molecule has 96 valence electrons. The molecule has 0 amide bonds. The average Bonchev–Trinajstić information content (AvgIpc) is 2.83. The minimum Gasteiger partial charge on any atom is -0.496 e. The van der Waals surface area contributed by atoms with Crippen molar-refractivity contribution in [2.45, 2.75) is 6.54 Å². The molecule has 0 aliphatic carbocycles. The van der Waals surface area contributed by atoms with Crippen LogP contribution in [0.25, 0.3) is 10.9 Å². The van der Waals surface area contributed by atoms with E-state index in [-0.39, 0.29) is 0 Å². The highest BCUT2D eigenvalue weighted by atomic mass is 79.9. The van der Waals surface area contributed by atoms with Crippen LogP contribution in [0.5, 0.6) is 5.75 Å². The Morgan fingerprint density at radius 3 is 2.84 bits per heavy atom. The molecule has 0 spiro atoms. The van der Waals surface area contributed by atoms with Crippen LogP contribution in [0, 0.1) is 0 Å². The van der Waals surface area contributed by atoms with E-state index in [2.05, 4.69) is 45.3 Å². The Hall–Kier alpha value is -1.81. The molecule has 0 aliphatic rings. The van der Waals surface area contributed by atoms with Crippen molar-refractivity contribution >= 4 is 26.8 Å². The Balaban J connectivity index is 1.95. The Labute approximate surface area is 119 Å². The highest BCUT2D eigenvalue weighted by Crippen LogP contribution is 2.26. The molecule has 3 aromatic rings. The standard InChI is InChI=1S/C15H13BrN2O/c1-19-15-7-6-11(8-13(15)16)10-18-14-5-3-2-4-12(14)9-17-18/h2-9H,10H2,1H3. The average molecular weight is 317 g/mol. The van der Waals surface area contributed by atoms with Crippen LogP contribution in [0.3, 0.4) is 0 Å². The van der Waals surface area contributed by atoms with Gasteiger partial charge in [-0.25, -0.2) is 0 Å². The summed E-state index contributed by atoms with van der Waals surface area (Å²) in [7, 11) is 1.67. The predicted octanol–water partition coefficient (Wildman–Crippen LogP) is 3.86. The lowest BCUT2D eigenvalue weighted by Gasteiger charge is -2.07. The molecule has 1 heterocycles. The molecule has 0 radical (unpaired) electrons. The number of hydrogen-bond donors (Lipinski definition) is 0. The number of methoxy groups -OCH3 is 1. The van der Waals surface area contributed by atoms with E-state index in [1.165, 1.54) is 5.56 Å². The first kappa shape index (κ1) is 12.2. The van der Waals surface area contributed by atoms with Crippen molar-refractivity contribution in [1.29, 1.82) is 0 Å². The summed E-state index contributed by atoms with van der Waals surface area (Å²) in [6, 6.07) is 14.3. The molecule has 0 saturated heterocycles. The molecule has 0 N–H and O–H groups in total. The number of rotatable bonds is 3. The first-order valence-corrected chi connectivity index (χ1v) is 6.80. The van der Waals surface area contributed by atoms with E-state index in [1.807, 2.05) is 29.1 Å². The van der Waals surface area contributed by atoms with Crippen LogP contribution < -0.4 is 4.74 Å². The van der Waals surface area contributed by atoms with Crippen molar-refractivity contribution in [2.24, 2.45) is 0 Å². The fraction of sp³-hybridized carbons (Fsp3) is 0.133. The third-order valence-electron chi connectivity index (χ3n) is 3.10. The quantitative estimate of drug-likeness (QED) is 0.733. The zero-order chi connectivity index (χ0) is 13.2. The van der Waals surface area contributed by atoms with Gasteiger partial charge in [-0.3, -0.25) is 4.68 Å². The molecule has 0 saturated carbocycles. The van der Waals surface area contributed by atoms with Gasteiger partial charge in [0.2, 0.25) is 0 Å². The summed E-state index contributed by atoms with van der Waals surface area (Å²) in [5.74, 6) is 0.842. The molecule has 1 aromatic heterocycles. The fourth-order valence-electron chi connectivity index (χ4n) is 2.13. The summed E-state index contributed by atoms with van der Waals surface area (Å²) in [6.45, 7) is 0.746. The number of nitrogens with zero attached hydrogens (tertiary/aromatic N) is 2. The minimum absolute atomic E-state index is 0.746. The van der Waals surface area contributed by atoms with E-state index in [1.54, 1.807) is 7.11 Å².